The standard InChI is InChI=1S/C18H20N2S/c1-18(2,3)17-20-16(12-21-17)11-19-15-9-8-13-6-4-5-7-14(13)10-15/h4-10,12,19H,11H2,1-3H3. The summed E-state index contributed by atoms with van der Waals surface area (Å²) in [6, 6.07) is 14.9. The number of nitrogens with zero attached hydrogens (tertiary/aromatic N) is 1. The van der Waals surface area contributed by atoms with E-state index in [9.17, 15) is 0 Å². The minimum atomic E-state index is 0.131. The van der Waals surface area contributed by atoms with Crippen LogP contribution < -0.4 is 5.32 Å². The van der Waals surface area contributed by atoms with Crippen molar-refractivity contribution >= 4 is 27.8 Å². The van der Waals surface area contributed by atoms with E-state index < -0.39 is 0 Å². The number of thiazole rings is 1. The van der Waals surface area contributed by atoms with Crippen LogP contribution in [0, 0.1) is 0 Å². The highest BCUT2D eigenvalue weighted by molar-refractivity contribution is 7.09. The molecule has 3 heteroatoms. The second-order valence-corrected chi connectivity index (χ2v) is 7.17. The molecule has 0 aliphatic carbocycles. The minimum absolute atomic E-state index is 0.131. The normalized spacial score (nSPS) is 11.8. The zero-order valence-corrected chi connectivity index (χ0v) is 13.5. The molecule has 1 aromatic heterocycles. The summed E-state index contributed by atoms with van der Waals surface area (Å²) in [7, 11) is 0. The monoisotopic (exact) mass is 296 g/mol. The maximum absolute atomic E-state index is 4.71. The van der Waals surface area contributed by atoms with Crippen LogP contribution >= 0.6 is 11.3 Å². The second kappa shape index (κ2) is 5.49. The van der Waals surface area contributed by atoms with Crippen LogP contribution in [0.4, 0.5) is 5.69 Å². The van der Waals surface area contributed by atoms with Gasteiger partial charge in [-0.3, -0.25) is 0 Å². The van der Waals surface area contributed by atoms with Crippen LogP contribution in [-0.2, 0) is 12.0 Å². The van der Waals surface area contributed by atoms with Gasteiger partial charge in [0.25, 0.3) is 0 Å². The molecule has 0 unspecified atom stereocenters. The van der Waals surface area contributed by atoms with Gasteiger partial charge in [-0.1, -0.05) is 51.1 Å². The fourth-order valence-electron chi connectivity index (χ4n) is 2.22. The third-order valence-corrected chi connectivity index (χ3v) is 4.73. The lowest BCUT2D eigenvalue weighted by molar-refractivity contribution is 0.583. The number of fused-ring (bicyclic) bond motifs is 1. The molecule has 0 fully saturated rings. The van der Waals surface area contributed by atoms with Gasteiger partial charge in [-0.15, -0.1) is 11.3 Å². The summed E-state index contributed by atoms with van der Waals surface area (Å²) in [5, 5.41) is 9.33. The van der Waals surface area contributed by atoms with Gasteiger partial charge in [-0.05, 0) is 22.9 Å². The summed E-state index contributed by atoms with van der Waals surface area (Å²) in [5.74, 6) is 0. The summed E-state index contributed by atoms with van der Waals surface area (Å²) < 4.78 is 0. The summed E-state index contributed by atoms with van der Waals surface area (Å²) in [6.07, 6.45) is 0. The van der Waals surface area contributed by atoms with Crippen LogP contribution in [0.5, 0.6) is 0 Å². The Kier molecular flexibility index (Phi) is 3.68. The van der Waals surface area contributed by atoms with Gasteiger partial charge in [0.1, 0.15) is 0 Å². The van der Waals surface area contributed by atoms with Gasteiger partial charge in [0.05, 0.1) is 17.2 Å². The highest BCUT2D eigenvalue weighted by Crippen LogP contribution is 2.26. The highest BCUT2D eigenvalue weighted by Gasteiger charge is 2.17. The number of nitrogens with one attached hydrogen (secondary N) is 1. The van der Waals surface area contributed by atoms with Crippen LogP contribution in [0.2, 0.25) is 0 Å². The summed E-state index contributed by atoms with van der Waals surface area (Å²) in [5.41, 5.74) is 2.38. The van der Waals surface area contributed by atoms with E-state index in [0.29, 0.717) is 0 Å². The van der Waals surface area contributed by atoms with Crippen molar-refractivity contribution in [1.82, 2.24) is 4.98 Å². The number of anilines is 1. The van der Waals surface area contributed by atoms with Crippen molar-refractivity contribution in [2.45, 2.75) is 32.7 Å². The molecular weight excluding hydrogens is 276 g/mol. The van der Waals surface area contributed by atoms with Crippen LogP contribution in [-0.4, -0.2) is 4.98 Å². The Hall–Kier alpha value is -1.87. The zero-order valence-electron chi connectivity index (χ0n) is 12.7. The van der Waals surface area contributed by atoms with Crippen LogP contribution in [0.1, 0.15) is 31.5 Å². The third kappa shape index (κ3) is 3.24. The molecular formula is C18H20N2S. The fourth-order valence-corrected chi connectivity index (χ4v) is 3.13. The largest absolute Gasteiger partial charge is 0.379 e. The van der Waals surface area contributed by atoms with E-state index in [1.165, 1.54) is 15.8 Å². The first-order valence-corrected chi connectivity index (χ1v) is 8.08. The zero-order chi connectivity index (χ0) is 14.9. The summed E-state index contributed by atoms with van der Waals surface area (Å²) in [4.78, 5) is 4.71. The van der Waals surface area contributed by atoms with Gasteiger partial charge in [0, 0.05) is 16.5 Å². The topological polar surface area (TPSA) is 24.9 Å². The molecule has 3 rings (SSSR count). The van der Waals surface area contributed by atoms with Gasteiger partial charge in [-0.25, -0.2) is 4.98 Å². The molecule has 1 N–H and O–H groups in total. The average molecular weight is 296 g/mol. The predicted molar refractivity (Wildman–Crippen MR) is 92.1 cm³/mol. The molecule has 21 heavy (non-hydrogen) atoms. The number of aromatic nitrogens is 1. The molecule has 0 saturated carbocycles. The van der Waals surface area contributed by atoms with E-state index in [-0.39, 0.29) is 5.41 Å². The minimum Gasteiger partial charge on any atom is -0.379 e. The Morgan fingerprint density at radius 2 is 1.81 bits per heavy atom. The molecule has 1 heterocycles. The first-order valence-electron chi connectivity index (χ1n) is 7.20. The first kappa shape index (κ1) is 14.1. The maximum Gasteiger partial charge on any atom is 0.0982 e. The van der Waals surface area contributed by atoms with E-state index in [1.807, 2.05) is 0 Å². The van der Waals surface area contributed by atoms with E-state index in [4.69, 9.17) is 4.98 Å². The van der Waals surface area contributed by atoms with Crippen LogP contribution in [0.15, 0.2) is 47.8 Å². The average Bonchev–Trinajstić information content (AvgIpc) is 2.94. The van der Waals surface area contributed by atoms with Crippen molar-refractivity contribution < 1.29 is 0 Å². The lowest BCUT2D eigenvalue weighted by atomic mass is 9.98. The number of hydrogen-bond acceptors (Lipinski definition) is 3. The molecule has 0 bridgehead atoms. The lowest BCUT2D eigenvalue weighted by Gasteiger charge is -2.13. The number of benzene rings is 2. The van der Waals surface area contributed by atoms with Gasteiger partial charge in [0.2, 0.25) is 0 Å². The smallest absolute Gasteiger partial charge is 0.0982 e. The van der Waals surface area contributed by atoms with Gasteiger partial charge in [-0.2, -0.15) is 0 Å². The molecule has 2 aromatic carbocycles. The van der Waals surface area contributed by atoms with Crippen molar-refractivity contribution in [2.75, 3.05) is 5.32 Å². The van der Waals surface area contributed by atoms with Crippen molar-refractivity contribution in [3.8, 4) is 0 Å². The van der Waals surface area contributed by atoms with Gasteiger partial charge in [0.15, 0.2) is 0 Å². The molecule has 0 atom stereocenters. The third-order valence-electron chi connectivity index (χ3n) is 3.42. The summed E-state index contributed by atoms with van der Waals surface area (Å²) in [6.45, 7) is 7.37. The van der Waals surface area contributed by atoms with E-state index in [1.54, 1.807) is 11.3 Å². The number of hydrogen-bond donors (Lipinski definition) is 1. The van der Waals surface area contributed by atoms with Crippen LogP contribution in [0.25, 0.3) is 10.8 Å². The molecule has 0 spiro atoms. The van der Waals surface area contributed by atoms with E-state index >= 15 is 0 Å². The highest BCUT2D eigenvalue weighted by atomic mass is 32.1. The molecule has 0 aliphatic heterocycles. The van der Waals surface area contributed by atoms with Crippen LogP contribution in [0.3, 0.4) is 0 Å². The molecule has 0 aliphatic rings. The predicted octanol–water partition coefficient (Wildman–Crippen LogP) is 5.21. The Balaban J connectivity index is 1.73. The molecule has 0 amide bonds. The lowest BCUT2D eigenvalue weighted by Crippen LogP contribution is -2.11. The van der Waals surface area contributed by atoms with Crippen molar-refractivity contribution in [3.05, 3.63) is 58.5 Å². The first-order chi connectivity index (χ1) is 10.0. The van der Waals surface area contributed by atoms with Gasteiger partial charge >= 0.3 is 0 Å². The quantitative estimate of drug-likeness (QED) is 0.718. The Labute approximate surface area is 129 Å². The maximum atomic E-state index is 4.71. The van der Waals surface area contributed by atoms with Crippen molar-refractivity contribution in [3.63, 3.8) is 0 Å². The fraction of sp³-hybridized carbons (Fsp3) is 0.278. The Morgan fingerprint density at radius 3 is 2.52 bits per heavy atom. The Bertz CT molecular complexity index is 753. The van der Waals surface area contributed by atoms with Crippen molar-refractivity contribution in [1.29, 1.82) is 0 Å². The molecule has 0 saturated heterocycles. The van der Waals surface area contributed by atoms with Crippen molar-refractivity contribution in [2.24, 2.45) is 0 Å². The van der Waals surface area contributed by atoms with Gasteiger partial charge < -0.3 is 5.32 Å². The molecule has 0 radical (unpaired) electrons. The second-order valence-electron chi connectivity index (χ2n) is 6.31. The van der Waals surface area contributed by atoms with E-state index in [2.05, 4.69) is 73.9 Å². The molecule has 3 aromatic rings. The molecule has 2 nitrogen and oxygen atoms in total. The Morgan fingerprint density at radius 1 is 1.05 bits per heavy atom. The SMILES string of the molecule is CC(C)(C)c1nc(CNc2ccc3ccccc3c2)cs1. The summed E-state index contributed by atoms with van der Waals surface area (Å²) >= 11 is 1.74. The van der Waals surface area contributed by atoms with E-state index in [0.717, 1.165) is 17.9 Å². The number of rotatable bonds is 3. The molecule has 108 valence electrons.